The van der Waals surface area contributed by atoms with Crippen molar-refractivity contribution >= 4 is 27.5 Å². The number of methoxy groups -OCH3 is 2. The highest BCUT2D eigenvalue weighted by molar-refractivity contribution is 7.89. The number of benzene rings is 2. The molecule has 7 nitrogen and oxygen atoms in total. The lowest BCUT2D eigenvalue weighted by molar-refractivity contribution is -0.120. The van der Waals surface area contributed by atoms with E-state index in [0.29, 0.717) is 16.5 Å². The smallest absolute Gasteiger partial charge is 0.240 e. The second-order valence-corrected chi connectivity index (χ2v) is 7.77. The standard InChI is InChI=1S/C18H21ClN2O5S/c1-25-16-8-3-13(11-17(16)26-2)12-18(22)20-9-10-21-27(23,24)15-6-4-14(19)5-7-15/h3-8,11,21H,9-10,12H2,1-2H3,(H,20,22). The highest BCUT2D eigenvalue weighted by Crippen LogP contribution is 2.27. The van der Waals surface area contributed by atoms with Gasteiger partial charge in [0.25, 0.3) is 0 Å². The van der Waals surface area contributed by atoms with Crippen molar-refractivity contribution < 1.29 is 22.7 Å². The van der Waals surface area contributed by atoms with E-state index in [-0.39, 0.29) is 30.3 Å². The first kappa shape index (κ1) is 21.0. The van der Waals surface area contributed by atoms with Crippen molar-refractivity contribution in [3.8, 4) is 11.5 Å². The summed E-state index contributed by atoms with van der Waals surface area (Å²) in [6.45, 7) is 0.238. The molecule has 0 aliphatic rings. The molecule has 2 N–H and O–H groups in total. The third kappa shape index (κ3) is 6.13. The Morgan fingerprint density at radius 2 is 1.67 bits per heavy atom. The van der Waals surface area contributed by atoms with E-state index in [2.05, 4.69) is 10.0 Å². The average Bonchev–Trinajstić information content (AvgIpc) is 2.65. The molecule has 1 amide bonds. The molecule has 0 atom stereocenters. The molecule has 2 rings (SSSR count). The topological polar surface area (TPSA) is 93.7 Å². The van der Waals surface area contributed by atoms with Crippen molar-refractivity contribution in [1.82, 2.24) is 10.0 Å². The van der Waals surface area contributed by atoms with Gasteiger partial charge in [-0.1, -0.05) is 17.7 Å². The third-order valence-corrected chi connectivity index (χ3v) is 5.40. The zero-order valence-electron chi connectivity index (χ0n) is 15.0. The first-order valence-electron chi connectivity index (χ1n) is 8.08. The number of ether oxygens (including phenoxy) is 2. The fourth-order valence-corrected chi connectivity index (χ4v) is 3.48. The van der Waals surface area contributed by atoms with Gasteiger partial charge in [0, 0.05) is 18.1 Å². The molecule has 27 heavy (non-hydrogen) atoms. The van der Waals surface area contributed by atoms with Gasteiger partial charge in [-0.3, -0.25) is 4.79 Å². The number of halogens is 1. The van der Waals surface area contributed by atoms with Crippen molar-refractivity contribution in [2.24, 2.45) is 0 Å². The Labute approximate surface area is 163 Å². The maximum Gasteiger partial charge on any atom is 0.240 e. The second kappa shape index (κ2) is 9.59. The van der Waals surface area contributed by atoms with Crippen LogP contribution in [-0.4, -0.2) is 41.6 Å². The first-order valence-corrected chi connectivity index (χ1v) is 9.94. The molecule has 0 saturated heterocycles. The second-order valence-electron chi connectivity index (χ2n) is 5.57. The minimum absolute atomic E-state index is 0.0721. The first-order chi connectivity index (χ1) is 12.9. The summed E-state index contributed by atoms with van der Waals surface area (Å²) in [6, 6.07) is 11.1. The molecule has 9 heteroatoms. The van der Waals surface area contributed by atoms with E-state index in [1.807, 2.05) is 0 Å². The van der Waals surface area contributed by atoms with Crippen LogP contribution in [0.1, 0.15) is 5.56 Å². The van der Waals surface area contributed by atoms with Crippen LogP contribution in [0.2, 0.25) is 5.02 Å². The number of amides is 1. The Hall–Kier alpha value is -2.29. The van der Waals surface area contributed by atoms with Crippen LogP contribution in [-0.2, 0) is 21.2 Å². The number of hydrogen-bond acceptors (Lipinski definition) is 5. The van der Waals surface area contributed by atoms with E-state index in [4.69, 9.17) is 21.1 Å². The van der Waals surface area contributed by atoms with Gasteiger partial charge in [0.05, 0.1) is 25.5 Å². The molecule has 146 valence electrons. The van der Waals surface area contributed by atoms with Gasteiger partial charge in [0.15, 0.2) is 11.5 Å². The van der Waals surface area contributed by atoms with Gasteiger partial charge in [0.1, 0.15) is 0 Å². The van der Waals surface area contributed by atoms with Crippen LogP contribution in [0.25, 0.3) is 0 Å². The van der Waals surface area contributed by atoms with E-state index in [1.165, 1.54) is 38.5 Å². The van der Waals surface area contributed by atoms with Crippen LogP contribution >= 0.6 is 11.6 Å². The molecule has 0 saturated carbocycles. The lowest BCUT2D eigenvalue weighted by Crippen LogP contribution is -2.35. The predicted molar refractivity (Wildman–Crippen MR) is 103 cm³/mol. The summed E-state index contributed by atoms with van der Waals surface area (Å²) in [7, 11) is -0.582. The highest BCUT2D eigenvalue weighted by Gasteiger charge is 2.13. The zero-order chi connectivity index (χ0) is 19.9. The van der Waals surface area contributed by atoms with E-state index in [0.717, 1.165) is 5.56 Å². The summed E-state index contributed by atoms with van der Waals surface area (Å²) < 4.78 is 37.0. The van der Waals surface area contributed by atoms with Crippen molar-refractivity contribution in [2.75, 3.05) is 27.3 Å². The Balaban J connectivity index is 1.81. The van der Waals surface area contributed by atoms with Gasteiger partial charge in [0.2, 0.25) is 15.9 Å². The molecule has 0 aliphatic carbocycles. The molecule has 0 spiro atoms. The summed E-state index contributed by atoms with van der Waals surface area (Å²) in [5, 5.41) is 3.13. The quantitative estimate of drug-likeness (QED) is 0.614. The number of sulfonamides is 1. The molecule has 0 aromatic heterocycles. The van der Waals surface area contributed by atoms with Crippen molar-refractivity contribution in [2.45, 2.75) is 11.3 Å². The number of carbonyl (C=O) groups excluding carboxylic acids is 1. The average molecular weight is 413 g/mol. The van der Waals surface area contributed by atoms with Gasteiger partial charge >= 0.3 is 0 Å². The molecule has 0 radical (unpaired) electrons. The molecule has 0 bridgehead atoms. The predicted octanol–water partition coefficient (Wildman–Crippen LogP) is 1.99. The SMILES string of the molecule is COc1ccc(CC(=O)NCCNS(=O)(=O)c2ccc(Cl)cc2)cc1OC. The monoisotopic (exact) mass is 412 g/mol. The van der Waals surface area contributed by atoms with E-state index < -0.39 is 10.0 Å². The van der Waals surface area contributed by atoms with Gasteiger partial charge in [-0.15, -0.1) is 0 Å². The lowest BCUT2D eigenvalue weighted by Gasteiger charge is -2.10. The Morgan fingerprint density at radius 1 is 1.00 bits per heavy atom. The molecule has 2 aromatic rings. The number of nitrogens with one attached hydrogen (secondary N) is 2. The van der Waals surface area contributed by atoms with Gasteiger partial charge < -0.3 is 14.8 Å². The van der Waals surface area contributed by atoms with Crippen LogP contribution in [0.15, 0.2) is 47.4 Å². The van der Waals surface area contributed by atoms with Crippen LogP contribution in [0.5, 0.6) is 11.5 Å². The maximum atomic E-state index is 12.1. The molecule has 0 fully saturated rings. The minimum Gasteiger partial charge on any atom is -0.493 e. The highest BCUT2D eigenvalue weighted by atomic mass is 35.5. The summed E-state index contributed by atoms with van der Waals surface area (Å²) in [6.07, 6.45) is 0.143. The van der Waals surface area contributed by atoms with Gasteiger partial charge in [-0.25, -0.2) is 13.1 Å². The molecule has 0 heterocycles. The summed E-state index contributed by atoms with van der Waals surface area (Å²) in [5.74, 6) is 0.893. The number of rotatable bonds is 9. The maximum absolute atomic E-state index is 12.1. The Morgan fingerprint density at radius 3 is 2.30 bits per heavy atom. The van der Waals surface area contributed by atoms with Gasteiger partial charge in [-0.2, -0.15) is 0 Å². The number of hydrogen-bond donors (Lipinski definition) is 2. The van der Waals surface area contributed by atoms with Crippen molar-refractivity contribution in [1.29, 1.82) is 0 Å². The van der Waals surface area contributed by atoms with Crippen LogP contribution in [0.4, 0.5) is 0 Å². The summed E-state index contributed by atoms with van der Waals surface area (Å²) >= 11 is 5.75. The van der Waals surface area contributed by atoms with E-state index >= 15 is 0 Å². The number of carbonyl (C=O) groups is 1. The Kier molecular flexibility index (Phi) is 7.46. The van der Waals surface area contributed by atoms with Crippen LogP contribution in [0.3, 0.4) is 0 Å². The third-order valence-electron chi connectivity index (χ3n) is 3.68. The van der Waals surface area contributed by atoms with Gasteiger partial charge in [-0.05, 0) is 42.0 Å². The molecule has 2 aromatic carbocycles. The Bertz CT molecular complexity index is 885. The lowest BCUT2D eigenvalue weighted by atomic mass is 10.1. The van der Waals surface area contributed by atoms with E-state index in [1.54, 1.807) is 18.2 Å². The van der Waals surface area contributed by atoms with Crippen molar-refractivity contribution in [3.63, 3.8) is 0 Å². The minimum atomic E-state index is -3.64. The van der Waals surface area contributed by atoms with Crippen LogP contribution < -0.4 is 19.5 Å². The van der Waals surface area contributed by atoms with Crippen LogP contribution in [0, 0.1) is 0 Å². The normalized spacial score (nSPS) is 11.1. The summed E-state index contributed by atoms with van der Waals surface area (Å²) in [5.41, 5.74) is 0.756. The molecular formula is C18H21ClN2O5S. The fraction of sp³-hybridized carbons (Fsp3) is 0.278. The summed E-state index contributed by atoms with van der Waals surface area (Å²) in [4.78, 5) is 12.1. The molecule has 0 unspecified atom stereocenters. The van der Waals surface area contributed by atoms with Crippen molar-refractivity contribution in [3.05, 3.63) is 53.1 Å². The largest absolute Gasteiger partial charge is 0.493 e. The molecule has 0 aliphatic heterocycles. The zero-order valence-corrected chi connectivity index (χ0v) is 16.6. The van der Waals surface area contributed by atoms with E-state index in [9.17, 15) is 13.2 Å². The molecular weight excluding hydrogens is 392 g/mol. The fourth-order valence-electron chi connectivity index (χ4n) is 2.32.